The monoisotopic (exact) mass is 454 g/mol. The molecular weight excluding hydrogens is 431 g/mol. The molecule has 1 unspecified atom stereocenters. The summed E-state index contributed by atoms with van der Waals surface area (Å²) >= 11 is 3.27. The predicted molar refractivity (Wildman–Crippen MR) is 123 cm³/mol. The number of nitrogens with zero attached hydrogens (tertiary/aromatic N) is 4. The van der Waals surface area contributed by atoms with Gasteiger partial charge in [0.1, 0.15) is 16.6 Å². The molecule has 2 aromatic carbocycles. The van der Waals surface area contributed by atoms with Gasteiger partial charge in [0.2, 0.25) is 0 Å². The summed E-state index contributed by atoms with van der Waals surface area (Å²) in [7, 11) is 0. The van der Waals surface area contributed by atoms with E-state index in [1.54, 1.807) is 35.2 Å². The van der Waals surface area contributed by atoms with Gasteiger partial charge in [-0.2, -0.15) is 0 Å². The van der Waals surface area contributed by atoms with Gasteiger partial charge in [0.15, 0.2) is 17.1 Å². The zero-order valence-electron chi connectivity index (χ0n) is 17.6. The smallest absolute Gasteiger partial charge is 0.191 e. The van der Waals surface area contributed by atoms with E-state index in [1.165, 1.54) is 17.7 Å². The summed E-state index contributed by atoms with van der Waals surface area (Å²) in [5, 5.41) is 12.7. The van der Waals surface area contributed by atoms with E-state index in [-0.39, 0.29) is 11.9 Å². The topological polar surface area (TPSA) is 52.8 Å². The molecule has 0 radical (unpaired) electrons. The summed E-state index contributed by atoms with van der Waals surface area (Å²) in [6.45, 7) is 6.79. The van der Waals surface area contributed by atoms with Crippen molar-refractivity contribution in [1.29, 1.82) is 0 Å². The molecule has 4 aromatic rings. The van der Waals surface area contributed by atoms with Crippen molar-refractivity contribution in [1.82, 2.24) is 19.7 Å². The van der Waals surface area contributed by atoms with E-state index in [0.717, 1.165) is 33.8 Å². The van der Waals surface area contributed by atoms with E-state index >= 15 is 0 Å². The molecule has 0 spiro atoms. The van der Waals surface area contributed by atoms with Gasteiger partial charge in [-0.15, -0.1) is 21.5 Å². The van der Waals surface area contributed by atoms with Crippen molar-refractivity contribution in [3.8, 4) is 16.3 Å². The molecule has 0 saturated heterocycles. The van der Waals surface area contributed by atoms with Crippen LogP contribution >= 0.6 is 23.1 Å². The Kier molecular flexibility index (Phi) is 6.67. The minimum Gasteiger partial charge on any atom is -0.483 e. The Balaban J connectivity index is 1.44. The number of ether oxygens (including phenoxy) is 1. The number of benzene rings is 2. The Morgan fingerprint density at radius 1 is 1.16 bits per heavy atom. The van der Waals surface area contributed by atoms with Gasteiger partial charge in [0.05, 0.1) is 5.69 Å². The summed E-state index contributed by atoms with van der Waals surface area (Å²) in [5.74, 6) is 1.77. The van der Waals surface area contributed by atoms with Crippen LogP contribution in [-0.4, -0.2) is 19.7 Å². The molecule has 5 nitrogen and oxygen atoms in total. The van der Waals surface area contributed by atoms with Crippen molar-refractivity contribution in [3.63, 3.8) is 0 Å². The average molecular weight is 455 g/mol. The maximum Gasteiger partial charge on any atom is 0.191 e. The van der Waals surface area contributed by atoms with Gasteiger partial charge in [-0.05, 0) is 51.1 Å². The molecule has 0 aliphatic carbocycles. The fourth-order valence-electron chi connectivity index (χ4n) is 3.20. The first-order valence-corrected chi connectivity index (χ1v) is 11.9. The fraction of sp³-hybridized carbons (Fsp3) is 0.261. The van der Waals surface area contributed by atoms with E-state index in [9.17, 15) is 4.39 Å². The second-order valence-electron chi connectivity index (χ2n) is 7.10. The van der Waals surface area contributed by atoms with Crippen molar-refractivity contribution in [2.45, 2.75) is 44.3 Å². The van der Waals surface area contributed by atoms with Gasteiger partial charge in [0.25, 0.3) is 0 Å². The van der Waals surface area contributed by atoms with Crippen LogP contribution in [0.5, 0.6) is 5.75 Å². The molecule has 0 bridgehead atoms. The lowest BCUT2D eigenvalue weighted by molar-refractivity contribution is 0.209. The first kappa shape index (κ1) is 21.5. The molecule has 1 atom stereocenters. The molecule has 0 amide bonds. The van der Waals surface area contributed by atoms with Crippen LogP contribution in [0.3, 0.4) is 0 Å². The number of halogens is 1. The Labute approximate surface area is 189 Å². The summed E-state index contributed by atoms with van der Waals surface area (Å²) in [6.07, 6.45) is -0.306. The molecule has 160 valence electrons. The third-order valence-electron chi connectivity index (χ3n) is 4.72. The van der Waals surface area contributed by atoms with E-state index < -0.39 is 0 Å². The molecule has 0 N–H and O–H groups in total. The summed E-state index contributed by atoms with van der Waals surface area (Å²) in [5.41, 5.74) is 3.39. The van der Waals surface area contributed by atoms with Gasteiger partial charge in [0, 0.05) is 23.2 Å². The maximum absolute atomic E-state index is 13.1. The highest BCUT2D eigenvalue weighted by atomic mass is 32.2. The molecule has 2 aromatic heterocycles. The standard InChI is InChI=1S/C23H23FN4OS2/c1-4-28-21(16(3)29-20-10-8-18(24)9-11-20)26-27-23(28)31-14-19-13-30-22(25-19)17-7-5-6-15(2)12-17/h5-13,16H,4,14H2,1-3H3. The number of hydrogen-bond donors (Lipinski definition) is 0. The van der Waals surface area contributed by atoms with Crippen molar-refractivity contribution in [2.75, 3.05) is 0 Å². The molecule has 0 saturated carbocycles. The lowest BCUT2D eigenvalue weighted by Gasteiger charge is -2.15. The van der Waals surface area contributed by atoms with Gasteiger partial charge in [-0.1, -0.05) is 35.5 Å². The molecular formula is C23H23FN4OS2. The van der Waals surface area contributed by atoms with Crippen molar-refractivity contribution < 1.29 is 9.13 Å². The highest BCUT2D eigenvalue weighted by Gasteiger charge is 2.19. The van der Waals surface area contributed by atoms with Gasteiger partial charge >= 0.3 is 0 Å². The van der Waals surface area contributed by atoms with Crippen molar-refractivity contribution in [2.24, 2.45) is 0 Å². The highest BCUT2D eigenvalue weighted by molar-refractivity contribution is 7.98. The summed E-state index contributed by atoms with van der Waals surface area (Å²) in [4.78, 5) is 4.78. The van der Waals surface area contributed by atoms with Gasteiger partial charge in [-0.25, -0.2) is 9.37 Å². The van der Waals surface area contributed by atoms with Crippen LogP contribution in [0.2, 0.25) is 0 Å². The summed E-state index contributed by atoms with van der Waals surface area (Å²) in [6, 6.07) is 14.4. The fourth-order valence-corrected chi connectivity index (χ4v) is 5.02. The molecule has 0 aliphatic rings. The predicted octanol–water partition coefficient (Wildman–Crippen LogP) is 6.30. The molecule has 0 fully saturated rings. The normalized spacial score (nSPS) is 12.1. The van der Waals surface area contributed by atoms with E-state index in [0.29, 0.717) is 11.5 Å². The van der Waals surface area contributed by atoms with Crippen LogP contribution in [-0.2, 0) is 12.3 Å². The molecule has 31 heavy (non-hydrogen) atoms. The second kappa shape index (κ2) is 9.62. The number of hydrogen-bond acceptors (Lipinski definition) is 6. The van der Waals surface area contributed by atoms with Crippen LogP contribution < -0.4 is 4.74 Å². The Morgan fingerprint density at radius 3 is 2.71 bits per heavy atom. The minimum atomic E-state index is -0.306. The van der Waals surface area contributed by atoms with Crippen LogP contribution in [0.4, 0.5) is 4.39 Å². The van der Waals surface area contributed by atoms with E-state index in [1.807, 2.05) is 11.5 Å². The lowest BCUT2D eigenvalue weighted by atomic mass is 10.1. The molecule has 8 heteroatoms. The lowest BCUT2D eigenvalue weighted by Crippen LogP contribution is -2.12. The zero-order chi connectivity index (χ0) is 21.8. The maximum atomic E-state index is 13.1. The third-order valence-corrected chi connectivity index (χ3v) is 6.66. The van der Waals surface area contributed by atoms with Gasteiger partial charge in [-0.3, -0.25) is 0 Å². The van der Waals surface area contributed by atoms with Crippen LogP contribution in [0.25, 0.3) is 10.6 Å². The Hall–Kier alpha value is -2.71. The highest BCUT2D eigenvalue weighted by Crippen LogP contribution is 2.29. The number of thioether (sulfide) groups is 1. The van der Waals surface area contributed by atoms with E-state index in [2.05, 4.69) is 53.7 Å². The van der Waals surface area contributed by atoms with Crippen molar-refractivity contribution >= 4 is 23.1 Å². The number of aromatic nitrogens is 4. The largest absolute Gasteiger partial charge is 0.483 e. The Morgan fingerprint density at radius 2 is 1.97 bits per heavy atom. The van der Waals surface area contributed by atoms with Gasteiger partial charge < -0.3 is 9.30 Å². The minimum absolute atomic E-state index is 0.289. The van der Waals surface area contributed by atoms with Crippen LogP contribution in [0.15, 0.2) is 59.1 Å². The zero-order valence-corrected chi connectivity index (χ0v) is 19.2. The average Bonchev–Trinajstić information content (AvgIpc) is 3.40. The first-order chi connectivity index (χ1) is 15.0. The molecule has 4 rings (SSSR count). The number of aryl methyl sites for hydroxylation is 1. The van der Waals surface area contributed by atoms with Crippen LogP contribution in [0.1, 0.15) is 37.0 Å². The third kappa shape index (κ3) is 5.14. The second-order valence-corrected chi connectivity index (χ2v) is 8.90. The number of thiazole rings is 1. The SMILES string of the molecule is CCn1c(SCc2csc(-c3cccc(C)c3)n2)nnc1C(C)Oc1ccc(F)cc1. The van der Waals surface area contributed by atoms with Crippen molar-refractivity contribution in [3.05, 3.63) is 76.8 Å². The molecule has 2 heterocycles. The molecule has 0 aliphatic heterocycles. The Bertz CT molecular complexity index is 1160. The van der Waals surface area contributed by atoms with Crippen LogP contribution in [0, 0.1) is 12.7 Å². The first-order valence-electron chi connectivity index (χ1n) is 10.0. The quantitative estimate of drug-likeness (QED) is 0.292. The summed E-state index contributed by atoms with van der Waals surface area (Å²) < 4.78 is 21.1. The van der Waals surface area contributed by atoms with E-state index in [4.69, 9.17) is 9.72 Å². The number of rotatable bonds is 8.